The van der Waals surface area contributed by atoms with Gasteiger partial charge >= 0.3 is 0 Å². The van der Waals surface area contributed by atoms with Gasteiger partial charge in [0.2, 0.25) is 0 Å². The number of hydrogen-bond donors (Lipinski definition) is 1. The van der Waals surface area contributed by atoms with E-state index in [0.29, 0.717) is 17.5 Å². The number of aromatic nitrogens is 6. The molecule has 1 N–H and O–H groups in total. The minimum Gasteiger partial charge on any atom is -0.378 e. The normalized spacial score (nSPS) is 13.6. The minimum atomic E-state index is -0.0999. The molecule has 0 amide bonds. The second-order valence-electron chi connectivity index (χ2n) is 14.6. The van der Waals surface area contributed by atoms with Crippen molar-refractivity contribution in [2.24, 2.45) is 0 Å². The molecule has 0 saturated carbocycles. The monoisotopic (exact) mass is 757 g/mol. The van der Waals surface area contributed by atoms with E-state index in [2.05, 4.69) is 154 Å². The third kappa shape index (κ3) is 6.22. The first-order valence-corrected chi connectivity index (χ1v) is 19.7. The molecule has 0 fully saturated rings. The summed E-state index contributed by atoms with van der Waals surface area (Å²) in [7, 11) is 0. The zero-order valence-corrected chi connectivity index (χ0v) is 31.8. The predicted molar refractivity (Wildman–Crippen MR) is 239 cm³/mol. The maximum atomic E-state index is 5.34. The quantitative estimate of drug-likeness (QED) is 0.163. The zero-order chi connectivity index (χ0) is 39.1. The third-order valence-corrected chi connectivity index (χ3v) is 11.0. The number of fused-ring (bicyclic) bond motifs is 6. The van der Waals surface area contributed by atoms with Crippen LogP contribution in [0.15, 0.2) is 201 Å². The summed E-state index contributed by atoms with van der Waals surface area (Å²) in [6.45, 7) is 0. The molecule has 1 aliphatic rings. The van der Waals surface area contributed by atoms with Gasteiger partial charge in [0.25, 0.3) is 0 Å². The first-order chi connectivity index (χ1) is 29.2. The summed E-state index contributed by atoms with van der Waals surface area (Å²) in [4.78, 5) is 24.8. The van der Waals surface area contributed by atoms with Gasteiger partial charge in [-0.3, -0.25) is 9.55 Å². The Morgan fingerprint density at radius 2 is 0.915 bits per heavy atom. The van der Waals surface area contributed by atoms with E-state index >= 15 is 0 Å². The van der Waals surface area contributed by atoms with Crippen molar-refractivity contribution in [1.82, 2.24) is 34.8 Å². The molecule has 7 heteroatoms. The summed E-state index contributed by atoms with van der Waals surface area (Å²) in [5.74, 6) is 2.80. The molecule has 10 aromatic rings. The average Bonchev–Trinajstić information content (AvgIpc) is 3.74. The van der Waals surface area contributed by atoms with E-state index in [1.165, 1.54) is 10.9 Å². The smallest absolute Gasteiger partial charge is 0.164 e. The Balaban J connectivity index is 0.962. The zero-order valence-electron chi connectivity index (χ0n) is 31.8. The van der Waals surface area contributed by atoms with E-state index < -0.39 is 0 Å². The molecule has 7 nitrogen and oxygen atoms in total. The number of rotatable bonds is 7. The van der Waals surface area contributed by atoms with Gasteiger partial charge in [-0.2, -0.15) is 0 Å². The van der Waals surface area contributed by atoms with Gasteiger partial charge in [0.05, 0.1) is 11.0 Å². The number of benzene rings is 7. The maximum Gasteiger partial charge on any atom is 0.164 e. The second-order valence-corrected chi connectivity index (χ2v) is 14.6. The SMILES string of the molecule is C1=CNC(c2nc3c4cnccc4c4ccccc4c3n2-c2ccc(-c3ccc(-c4nc(-c5ccccc5)nc(-c5ccc(-c6ccccc6)cc5)n4)cc3)cc2)C=C1. The van der Waals surface area contributed by atoms with Gasteiger partial charge in [-0.15, -0.1) is 0 Å². The maximum absolute atomic E-state index is 5.34. The van der Waals surface area contributed by atoms with Crippen LogP contribution in [0.4, 0.5) is 0 Å². The molecule has 0 spiro atoms. The summed E-state index contributed by atoms with van der Waals surface area (Å²) >= 11 is 0. The van der Waals surface area contributed by atoms with Gasteiger partial charge in [0, 0.05) is 45.5 Å². The first kappa shape index (κ1) is 34.2. The highest BCUT2D eigenvalue weighted by atomic mass is 15.1. The van der Waals surface area contributed by atoms with Crippen molar-refractivity contribution in [3.8, 4) is 62.1 Å². The van der Waals surface area contributed by atoms with Gasteiger partial charge in [-0.1, -0.05) is 158 Å². The molecule has 1 aliphatic heterocycles. The molecule has 0 aliphatic carbocycles. The standard InChI is InChI=1S/C52H35N7/c1-3-11-34(12-4-1)35-18-22-39(23-19-35)50-56-49(38-13-5-2-6-14-38)57-51(58-50)40-24-20-36(21-25-40)37-26-28-41(29-27-37)59-48-44-16-8-7-15-42(44)43-30-32-53-33-45(43)47(48)55-52(59)46-17-9-10-31-54-46/h1-33,46,54H. The number of dihydropyridines is 1. The van der Waals surface area contributed by atoms with Crippen molar-refractivity contribution in [1.29, 1.82) is 0 Å². The van der Waals surface area contributed by atoms with Crippen LogP contribution in [0, 0.1) is 0 Å². The Morgan fingerprint density at radius 3 is 1.51 bits per heavy atom. The number of imidazole rings is 1. The van der Waals surface area contributed by atoms with Crippen LogP contribution >= 0.6 is 0 Å². The van der Waals surface area contributed by atoms with Gasteiger partial charge in [0.1, 0.15) is 11.9 Å². The second kappa shape index (κ2) is 14.5. The summed E-state index contributed by atoms with van der Waals surface area (Å²) in [5, 5.41) is 8.02. The highest BCUT2D eigenvalue weighted by Gasteiger charge is 2.23. The van der Waals surface area contributed by atoms with Crippen molar-refractivity contribution in [3.63, 3.8) is 0 Å². The van der Waals surface area contributed by atoms with Crippen LogP contribution in [-0.2, 0) is 0 Å². The summed E-state index contributed by atoms with van der Waals surface area (Å²) < 4.78 is 2.30. The molecular weight excluding hydrogens is 723 g/mol. The Kier molecular flexibility index (Phi) is 8.40. The summed E-state index contributed by atoms with van der Waals surface area (Å²) in [6, 6.07) is 56.6. The van der Waals surface area contributed by atoms with E-state index in [0.717, 1.165) is 72.1 Å². The fraction of sp³-hybridized carbons (Fsp3) is 0.0192. The number of pyridine rings is 1. The lowest BCUT2D eigenvalue weighted by atomic mass is 10.0. The molecule has 7 aromatic carbocycles. The van der Waals surface area contributed by atoms with E-state index in [1.54, 1.807) is 0 Å². The van der Waals surface area contributed by atoms with Crippen molar-refractivity contribution >= 4 is 32.6 Å². The molecule has 0 saturated heterocycles. The number of nitrogens with one attached hydrogen (secondary N) is 1. The topological polar surface area (TPSA) is 81.4 Å². The van der Waals surface area contributed by atoms with Gasteiger partial charge < -0.3 is 5.32 Å². The molecule has 4 heterocycles. The van der Waals surface area contributed by atoms with Gasteiger partial charge in [0.15, 0.2) is 17.5 Å². The molecule has 11 rings (SSSR count). The fourth-order valence-electron chi connectivity index (χ4n) is 8.10. The van der Waals surface area contributed by atoms with Gasteiger partial charge in [-0.25, -0.2) is 19.9 Å². The van der Waals surface area contributed by atoms with E-state index in [9.17, 15) is 0 Å². The highest BCUT2D eigenvalue weighted by Crippen LogP contribution is 2.38. The molecule has 1 atom stereocenters. The third-order valence-electron chi connectivity index (χ3n) is 11.0. The molecule has 1 unspecified atom stereocenters. The van der Waals surface area contributed by atoms with Gasteiger partial charge in [-0.05, 0) is 63.5 Å². The lowest BCUT2D eigenvalue weighted by molar-refractivity contribution is 0.682. The Bertz CT molecular complexity index is 3210. The molecule has 59 heavy (non-hydrogen) atoms. The lowest BCUT2D eigenvalue weighted by Gasteiger charge is -2.18. The number of hydrogen-bond acceptors (Lipinski definition) is 6. The van der Waals surface area contributed by atoms with E-state index in [-0.39, 0.29) is 6.04 Å². The summed E-state index contributed by atoms with van der Waals surface area (Å²) in [5.41, 5.74) is 10.3. The molecule has 3 aromatic heterocycles. The van der Waals surface area contributed by atoms with Crippen molar-refractivity contribution in [2.45, 2.75) is 6.04 Å². The van der Waals surface area contributed by atoms with Crippen LogP contribution in [0.5, 0.6) is 0 Å². The van der Waals surface area contributed by atoms with Crippen LogP contribution in [0.25, 0.3) is 94.7 Å². The van der Waals surface area contributed by atoms with Crippen molar-refractivity contribution in [3.05, 3.63) is 206 Å². The van der Waals surface area contributed by atoms with Crippen LogP contribution < -0.4 is 5.32 Å². The lowest BCUT2D eigenvalue weighted by Crippen LogP contribution is -2.19. The molecular formula is C52H35N7. The van der Waals surface area contributed by atoms with Crippen LogP contribution in [0.3, 0.4) is 0 Å². The van der Waals surface area contributed by atoms with Crippen molar-refractivity contribution in [2.75, 3.05) is 0 Å². The average molecular weight is 758 g/mol. The van der Waals surface area contributed by atoms with E-state index in [1.807, 2.05) is 61.1 Å². The number of allylic oxidation sites excluding steroid dienone is 2. The number of nitrogens with zero attached hydrogens (tertiary/aromatic N) is 6. The Morgan fingerprint density at radius 1 is 0.424 bits per heavy atom. The van der Waals surface area contributed by atoms with Crippen LogP contribution in [-0.4, -0.2) is 29.5 Å². The molecule has 0 bridgehead atoms. The Hall–Kier alpha value is -8.03. The molecule has 0 radical (unpaired) electrons. The largest absolute Gasteiger partial charge is 0.378 e. The first-order valence-electron chi connectivity index (χ1n) is 19.7. The molecule has 278 valence electrons. The highest BCUT2D eigenvalue weighted by molar-refractivity contribution is 6.23. The van der Waals surface area contributed by atoms with Crippen LogP contribution in [0.2, 0.25) is 0 Å². The minimum absolute atomic E-state index is 0.0999. The predicted octanol–water partition coefficient (Wildman–Crippen LogP) is 12.0. The summed E-state index contributed by atoms with van der Waals surface area (Å²) in [6.07, 6.45) is 12.0. The van der Waals surface area contributed by atoms with Crippen molar-refractivity contribution < 1.29 is 0 Å². The van der Waals surface area contributed by atoms with E-state index in [4.69, 9.17) is 19.9 Å². The fourth-order valence-corrected chi connectivity index (χ4v) is 8.10. The Labute approximate surface area is 340 Å². The van der Waals surface area contributed by atoms with Crippen LogP contribution in [0.1, 0.15) is 11.9 Å².